The zero-order chi connectivity index (χ0) is 24.2. The van der Waals surface area contributed by atoms with E-state index in [1.165, 1.54) is 36.4 Å². The molecule has 0 radical (unpaired) electrons. The minimum absolute atomic E-state index is 0.0192. The quantitative estimate of drug-likeness (QED) is 0.274. The van der Waals surface area contributed by atoms with Crippen LogP contribution in [0.15, 0.2) is 59.5 Å². The van der Waals surface area contributed by atoms with E-state index in [0.717, 1.165) is 11.6 Å². The van der Waals surface area contributed by atoms with Crippen molar-refractivity contribution in [1.29, 1.82) is 0 Å². The number of amides is 1. The van der Waals surface area contributed by atoms with E-state index < -0.39 is 26.8 Å². The van der Waals surface area contributed by atoms with E-state index in [0.29, 0.717) is 11.3 Å². The Morgan fingerprint density at radius 2 is 1.73 bits per heavy atom. The van der Waals surface area contributed by atoms with E-state index in [1.807, 2.05) is 6.92 Å². The molecule has 0 spiro atoms. The third kappa shape index (κ3) is 5.73. The first kappa shape index (κ1) is 23.9. The lowest BCUT2D eigenvalue weighted by atomic mass is 10.2. The summed E-state index contributed by atoms with van der Waals surface area (Å²) in [5.41, 5.74) is 1.20. The van der Waals surface area contributed by atoms with Gasteiger partial charge in [0.15, 0.2) is 0 Å². The summed E-state index contributed by atoms with van der Waals surface area (Å²) in [5, 5.41) is 13.2. The Balaban J connectivity index is 1.76. The van der Waals surface area contributed by atoms with Crippen LogP contribution < -0.4 is 10.0 Å². The van der Waals surface area contributed by atoms with Gasteiger partial charge in [-0.25, -0.2) is 13.2 Å². The first-order chi connectivity index (χ1) is 15.6. The Hall–Kier alpha value is -3.77. The Bertz CT molecular complexity index is 1300. The normalized spacial score (nSPS) is 11.0. The first-order valence-electron chi connectivity index (χ1n) is 9.57. The number of aryl methyl sites for hydroxylation is 1. The average molecular weight is 490 g/mol. The van der Waals surface area contributed by atoms with Crippen LogP contribution in [0.3, 0.4) is 0 Å². The number of thiophene rings is 1. The lowest BCUT2D eigenvalue weighted by molar-refractivity contribution is -0.380. The third-order valence-corrected chi connectivity index (χ3v) is 6.75. The second kappa shape index (κ2) is 9.79. The molecule has 0 aliphatic rings. The molecule has 1 heterocycles. The molecule has 0 fully saturated rings. The molecular formula is C21H19N3O7S2. The van der Waals surface area contributed by atoms with Crippen LogP contribution in [0.2, 0.25) is 0 Å². The molecule has 0 atom stereocenters. The molecule has 12 heteroatoms. The van der Waals surface area contributed by atoms with Crippen molar-refractivity contribution in [2.45, 2.75) is 18.7 Å². The molecule has 1 amide bonds. The van der Waals surface area contributed by atoms with Crippen LogP contribution in [-0.2, 0) is 14.8 Å². The van der Waals surface area contributed by atoms with Gasteiger partial charge in [-0.1, -0.05) is 17.7 Å². The van der Waals surface area contributed by atoms with Crippen LogP contribution >= 0.6 is 11.3 Å². The summed E-state index contributed by atoms with van der Waals surface area (Å²) >= 11 is 0.631. The molecule has 3 rings (SSSR count). The number of hydrogen-bond acceptors (Lipinski definition) is 8. The fourth-order valence-corrected chi connectivity index (χ4v) is 4.63. The number of hydrogen-bond donors (Lipinski definition) is 2. The monoisotopic (exact) mass is 489 g/mol. The third-order valence-electron chi connectivity index (χ3n) is 4.35. The van der Waals surface area contributed by atoms with Gasteiger partial charge in [0, 0.05) is 17.3 Å². The number of rotatable bonds is 8. The molecular weight excluding hydrogens is 470 g/mol. The predicted molar refractivity (Wildman–Crippen MR) is 123 cm³/mol. The van der Waals surface area contributed by atoms with E-state index >= 15 is 0 Å². The number of carbonyl (C=O) groups excluding carboxylic acids is 2. The Morgan fingerprint density at radius 1 is 1.09 bits per heavy atom. The second-order valence-electron chi connectivity index (χ2n) is 6.76. The molecule has 33 heavy (non-hydrogen) atoms. The van der Waals surface area contributed by atoms with Crippen molar-refractivity contribution in [3.05, 3.63) is 81.4 Å². The van der Waals surface area contributed by atoms with Crippen LogP contribution in [0.5, 0.6) is 0 Å². The molecule has 3 aromatic rings. The predicted octanol–water partition coefficient (Wildman–Crippen LogP) is 4.19. The summed E-state index contributed by atoms with van der Waals surface area (Å²) in [7, 11) is -3.80. The van der Waals surface area contributed by atoms with Crippen LogP contribution in [-0.4, -0.2) is 31.8 Å². The minimum Gasteiger partial charge on any atom is -0.462 e. The highest BCUT2D eigenvalue weighted by molar-refractivity contribution is 7.92. The van der Waals surface area contributed by atoms with Gasteiger partial charge in [-0.3, -0.25) is 19.6 Å². The molecule has 1 aromatic heterocycles. The molecule has 0 aliphatic carbocycles. The summed E-state index contributed by atoms with van der Waals surface area (Å²) in [6.07, 6.45) is 0. The van der Waals surface area contributed by atoms with E-state index in [2.05, 4.69) is 10.0 Å². The molecule has 0 saturated heterocycles. The van der Waals surface area contributed by atoms with Crippen LogP contribution in [0.1, 0.15) is 33.2 Å². The Morgan fingerprint density at radius 3 is 2.30 bits per heavy atom. The van der Waals surface area contributed by atoms with E-state index in [1.54, 1.807) is 19.1 Å². The molecule has 10 nitrogen and oxygen atoms in total. The maximum atomic E-state index is 12.6. The molecule has 2 N–H and O–H groups in total. The van der Waals surface area contributed by atoms with Crippen LogP contribution in [0.4, 0.5) is 15.7 Å². The minimum atomic E-state index is -3.80. The summed E-state index contributed by atoms with van der Waals surface area (Å²) in [5.74, 6) is -1.43. The first-order valence-corrected chi connectivity index (χ1v) is 11.9. The molecule has 0 aliphatic heterocycles. The van der Waals surface area contributed by atoms with E-state index in [4.69, 9.17) is 4.74 Å². The zero-order valence-corrected chi connectivity index (χ0v) is 19.2. The fraction of sp³-hybridized carbons (Fsp3) is 0.143. The number of nitrogens with one attached hydrogen (secondary N) is 2. The van der Waals surface area contributed by atoms with Crippen molar-refractivity contribution < 1.29 is 27.7 Å². The van der Waals surface area contributed by atoms with Crippen LogP contribution in [0, 0.1) is 17.0 Å². The van der Waals surface area contributed by atoms with Gasteiger partial charge < -0.3 is 10.1 Å². The van der Waals surface area contributed by atoms with Crippen molar-refractivity contribution in [2.24, 2.45) is 0 Å². The number of anilines is 2. The van der Waals surface area contributed by atoms with Gasteiger partial charge in [0.2, 0.25) is 0 Å². The summed E-state index contributed by atoms with van der Waals surface area (Å²) in [6.45, 7) is 3.50. The number of nitrogens with zero attached hydrogens (tertiary/aromatic N) is 1. The van der Waals surface area contributed by atoms with E-state index in [9.17, 15) is 28.1 Å². The largest absolute Gasteiger partial charge is 0.462 e. The average Bonchev–Trinajstić information content (AvgIpc) is 3.19. The highest BCUT2D eigenvalue weighted by Crippen LogP contribution is 2.34. The fourth-order valence-electron chi connectivity index (χ4n) is 2.72. The highest BCUT2D eigenvalue weighted by Gasteiger charge is 2.24. The van der Waals surface area contributed by atoms with Crippen molar-refractivity contribution in [3.8, 4) is 0 Å². The Kier molecular flexibility index (Phi) is 7.09. The van der Waals surface area contributed by atoms with Gasteiger partial charge in [0.25, 0.3) is 15.9 Å². The smallest absolute Gasteiger partial charge is 0.341 e. The van der Waals surface area contributed by atoms with Gasteiger partial charge in [-0.2, -0.15) is 0 Å². The number of ether oxygens (including phenoxy) is 1. The molecule has 0 saturated carbocycles. The number of benzene rings is 2. The van der Waals surface area contributed by atoms with Gasteiger partial charge in [-0.05, 0) is 61.6 Å². The maximum absolute atomic E-state index is 12.6. The summed E-state index contributed by atoms with van der Waals surface area (Å²) in [4.78, 5) is 35.2. The number of carbonyl (C=O) groups is 2. The van der Waals surface area contributed by atoms with Gasteiger partial charge in [-0.15, -0.1) is 0 Å². The topological polar surface area (TPSA) is 145 Å². The molecule has 0 unspecified atom stereocenters. The summed E-state index contributed by atoms with van der Waals surface area (Å²) < 4.78 is 32.3. The molecule has 2 aromatic carbocycles. The molecule has 172 valence electrons. The lowest BCUT2D eigenvalue weighted by Crippen LogP contribution is -2.15. The number of sulfonamides is 1. The van der Waals surface area contributed by atoms with Gasteiger partial charge >= 0.3 is 11.0 Å². The number of nitro groups is 1. The van der Waals surface area contributed by atoms with Crippen molar-refractivity contribution >= 4 is 48.9 Å². The lowest BCUT2D eigenvalue weighted by Gasteiger charge is -2.09. The van der Waals surface area contributed by atoms with Crippen molar-refractivity contribution in [1.82, 2.24) is 0 Å². The second-order valence-corrected chi connectivity index (χ2v) is 9.47. The number of esters is 1. The van der Waals surface area contributed by atoms with Crippen LogP contribution in [0.25, 0.3) is 0 Å². The maximum Gasteiger partial charge on any atom is 0.341 e. The molecule has 0 bridgehead atoms. The van der Waals surface area contributed by atoms with Gasteiger partial charge in [0.1, 0.15) is 10.6 Å². The SMILES string of the molecule is CCOC(=O)c1cc([N+](=O)[O-])sc1NC(=O)c1ccc(NS(=O)(=O)c2ccc(C)cc2)cc1. The zero-order valence-electron chi connectivity index (χ0n) is 17.5. The summed E-state index contributed by atoms with van der Waals surface area (Å²) in [6, 6.07) is 13.0. The standard InChI is InChI=1S/C21H19N3O7S2/c1-3-31-21(26)17-12-18(24(27)28)32-20(17)22-19(25)14-6-8-15(9-7-14)23-33(29,30)16-10-4-13(2)5-11-16/h4-12,23H,3H2,1-2H3,(H,22,25). The van der Waals surface area contributed by atoms with Crippen molar-refractivity contribution in [3.63, 3.8) is 0 Å². The Labute approximate surface area is 193 Å². The van der Waals surface area contributed by atoms with E-state index in [-0.39, 0.29) is 38.3 Å². The van der Waals surface area contributed by atoms with Crippen molar-refractivity contribution in [2.75, 3.05) is 16.6 Å². The van der Waals surface area contributed by atoms with Gasteiger partial charge in [0.05, 0.1) is 16.4 Å². The highest BCUT2D eigenvalue weighted by atomic mass is 32.2.